The Kier molecular flexibility index (Phi) is 5.74. The molecule has 3 aromatic rings. The Morgan fingerprint density at radius 3 is 2.72 bits per heavy atom. The number of nitrogens with one attached hydrogen (secondary N) is 1. The molecule has 1 N–H and O–H groups in total. The molecule has 0 saturated carbocycles. The van der Waals surface area contributed by atoms with Crippen LogP contribution in [0.3, 0.4) is 0 Å². The predicted molar refractivity (Wildman–Crippen MR) is 97.4 cm³/mol. The van der Waals surface area contributed by atoms with Crippen LogP contribution in [-0.4, -0.2) is 38.7 Å². The number of ether oxygens (including phenoxy) is 1. The zero-order chi connectivity index (χ0) is 17.5. The maximum atomic E-state index is 5.70. The molecule has 6 nitrogen and oxygen atoms in total. The zero-order valence-electron chi connectivity index (χ0n) is 14.6. The molecule has 0 saturated heterocycles. The van der Waals surface area contributed by atoms with E-state index in [2.05, 4.69) is 39.0 Å². The minimum Gasteiger partial charge on any atom is -0.439 e. The minimum absolute atomic E-state index is 0.530. The number of aromatic nitrogens is 4. The number of H-pyrrole nitrogens is 1. The number of hydrogen-bond acceptors (Lipinski definition) is 5. The van der Waals surface area contributed by atoms with Gasteiger partial charge in [-0.3, -0.25) is 5.10 Å². The average molecular weight is 337 g/mol. The van der Waals surface area contributed by atoms with Crippen molar-refractivity contribution in [3.63, 3.8) is 0 Å². The van der Waals surface area contributed by atoms with E-state index in [1.54, 1.807) is 12.3 Å². The zero-order valence-corrected chi connectivity index (χ0v) is 14.6. The summed E-state index contributed by atoms with van der Waals surface area (Å²) in [4.78, 5) is 10.3. The molecule has 2 aromatic heterocycles. The highest BCUT2D eigenvalue weighted by atomic mass is 16.5. The van der Waals surface area contributed by atoms with Crippen molar-refractivity contribution in [2.45, 2.75) is 26.3 Å². The van der Waals surface area contributed by atoms with Crippen LogP contribution in [0.15, 0.2) is 49.1 Å². The van der Waals surface area contributed by atoms with Crippen LogP contribution in [-0.2, 0) is 6.54 Å². The van der Waals surface area contributed by atoms with E-state index < -0.39 is 0 Å². The molecule has 0 spiro atoms. The second-order valence-electron chi connectivity index (χ2n) is 6.04. The van der Waals surface area contributed by atoms with Crippen LogP contribution in [0.5, 0.6) is 11.6 Å². The molecule has 0 aliphatic heterocycles. The molecule has 130 valence electrons. The first-order valence-electron chi connectivity index (χ1n) is 8.51. The summed E-state index contributed by atoms with van der Waals surface area (Å²) in [5.74, 6) is 1.27. The summed E-state index contributed by atoms with van der Waals surface area (Å²) in [5.41, 5.74) is 3.34. The first-order valence-corrected chi connectivity index (χ1v) is 8.51. The number of nitrogens with zero attached hydrogens (tertiary/aromatic N) is 4. The topological polar surface area (TPSA) is 66.9 Å². The van der Waals surface area contributed by atoms with E-state index >= 15 is 0 Å². The van der Waals surface area contributed by atoms with Crippen molar-refractivity contribution >= 4 is 0 Å². The third-order valence-electron chi connectivity index (χ3n) is 3.97. The van der Waals surface area contributed by atoms with Gasteiger partial charge in [0.25, 0.3) is 0 Å². The van der Waals surface area contributed by atoms with Gasteiger partial charge in [-0.15, -0.1) is 0 Å². The summed E-state index contributed by atoms with van der Waals surface area (Å²) in [7, 11) is 2.14. The molecule has 0 bridgehead atoms. The van der Waals surface area contributed by atoms with E-state index in [0.29, 0.717) is 5.88 Å². The molecule has 0 amide bonds. The van der Waals surface area contributed by atoms with E-state index in [-0.39, 0.29) is 0 Å². The second-order valence-corrected chi connectivity index (χ2v) is 6.04. The van der Waals surface area contributed by atoms with E-state index in [9.17, 15) is 0 Å². The number of benzene rings is 1. The van der Waals surface area contributed by atoms with Crippen LogP contribution < -0.4 is 4.74 Å². The Morgan fingerprint density at radius 1 is 1.16 bits per heavy atom. The predicted octanol–water partition coefficient (Wildman–Crippen LogP) is 3.89. The Bertz CT molecular complexity index is 770. The fraction of sp³-hybridized carbons (Fsp3) is 0.316. The molecular weight excluding hydrogens is 314 g/mol. The molecule has 0 fully saturated rings. The highest BCUT2D eigenvalue weighted by molar-refractivity contribution is 5.63. The molecule has 0 atom stereocenters. The van der Waals surface area contributed by atoms with Crippen LogP contribution in [0.4, 0.5) is 0 Å². The second kappa shape index (κ2) is 8.39. The summed E-state index contributed by atoms with van der Waals surface area (Å²) in [5, 5.41) is 7.34. The summed E-state index contributed by atoms with van der Waals surface area (Å²) in [6.07, 6.45) is 7.44. The maximum Gasteiger partial charge on any atom is 0.222 e. The Balaban J connectivity index is 1.69. The van der Waals surface area contributed by atoms with Gasteiger partial charge in [-0.25, -0.2) is 9.97 Å². The molecule has 1 aromatic carbocycles. The maximum absolute atomic E-state index is 5.70. The van der Waals surface area contributed by atoms with E-state index in [1.807, 2.05) is 30.5 Å². The third kappa shape index (κ3) is 4.64. The fourth-order valence-corrected chi connectivity index (χ4v) is 2.63. The van der Waals surface area contributed by atoms with Gasteiger partial charge in [0.1, 0.15) is 12.1 Å². The van der Waals surface area contributed by atoms with Crippen molar-refractivity contribution in [1.82, 2.24) is 25.1 Å². The molecule has 0 aliphatic carbocycles. The van der Waals surface area contributed by atoms with Crippen molar-refractivity contribution in [2.24, 2.45) is 0 Å². The number of aromatic amines is 1. The lowest BCUT2D eigenvalue weighted by atomic mass is 10.1. The van der Waals surface area contributed by atoms with E-state index in [4.69, 9.17) is 4.74 Å². The summed E-state index contributed by atoms with van der Waals surface area (Å²) in [6.45, 7) is 4.18. The van der Waals surface area contributed by atoms with Gasteiger partial charge in [-0.05, 0) is 44.3 Å². The normalized spacial score (nSPS) is 11.0. The number of unbranched alkanes of at least 4 members (excludes halogenated alkanes) is 1. The van der Waals surface area contributed by atoms with Gasteiger partial charge in [0, 0.05) is 29.9 Å². The highest BCUT2D eigenvalue weighted by Crippen LogP contribution is 2.26. The van der Waals surface area contributed by atoms with Gasteiger partial charge in [0.15, 0.2) is 0 Å². The fourth-order valence-electron chi connectivity index (χ4n) is 2.63. The quantitative estimate of drug-likeness (QED) is 0.675. The average Bonchev–Trinajstić information content (AvgIpc) is 3.09. The van der Waals surface area contributed by atoms with E-state index in [0.717, 1.165) is 30.1 Å². The van der Waals surface area contributed by atoms with Crippen LogP contribution in [0.1, 0.15) is 25.3 Å². The molecular formula is C19H23N5O. The van der Waals surface area contributed by atoms with Gasteiger partial charge in [-0.2, -0.15) is 5.10 Å². The third-order valence-corrected chi connectivity index (χ3v) is 3.97. The van der Waals surface area contributed by atoms with Crippen LogP contribution >= 0.6 is 0 Å². The smallest absolute Gasteiger partial charge is 0.222 e. The van der Waals surface area contributed by atoms with Crippen LogP contribution in [0, 0.1) is 0 Å². The molecule has 25 heavy (non-hydrogen) atoms. The molecule has 0 radical (unpaired) electrons. The van der Waals surface area contributed by atoms with Crippen molar-refractivity contribution in [3.8, 4) is 22.9 Å². The molecule has 6 heteroatoms. The monoisotopic (exact) mass is 337 g/mol. The minimum atomic E-state index is 0.530. The van der Waals surface area contributed by atoms with Crippen molar-refractivity contribution in [1.29, 1.82) is 0 Å². The summed E-state index contributed by atoms with van der Waals surface area (Å²) in [6, 6.07) is 9.65. The Morgan fingerprint density at radius 2 is 2.00 bits per heavy atom. The molecule has 2 heterocycles. The molecule has 0 aliphatic rings. The van der Waals surface area contributed by atoms with Crippen molar-refractivity contribution in [3.05, 3.63) is 54.6 Å². The van der Waals surface area contributed by atoms with Gasteiger partial charge in [-0.1, -0.05) is 13.3 Å². The molecule has 3 rings (SSSR count). The number of hydrogen-bond donors (Lipinski definition) is 1. The Labute approximate surface area is 147 Å². The van der Waals surface area contributed by atoms with Gasteiger partial charge >= 0.3 is 0 Å². The lowest BCUT2D eigenvalue weighted by molar-refractivity contribution is 0.321. The van der Waals surface area contributed by atoms with Gasteiger partial charge in [0.05, 0.1) is 11.9 Å². The summed E-state index contributed by atoms with van der Waals surface area (Å²) >= 11 is 0. The first kappa shape index (κ1) is 17.1. The lowest BCUT2D eigenvalue weighted by Gasteiger charge is -2.16. The lowest BCUT2D eigenvalue weighted by Crippen LogP contribution is -2.19. The summed E-state index contributed by atoms with van der Waals surface area (Å²) < 4.78 is 5.70. The largest absolute Gasteiger partial charge is 0.439 e. The SMILES string of the molecule is CCCCN(C)Cc1cn[nH]c1-c1ccc(Oc2ccncn2)cc1. The van der Waals surface area contributed by atoms with Gasteiger partial charge < -0.3 is 9.64 Å². The highest BCUT2D eigenvalue weighted by Gasteiger charge is 2.10. The van der Waals surface area contributed by atoms with Crippen LogP contribution in [0.2, 0.25) is 0 Å². The van der Waals surface area contributed by atoms with Crippen molar-refractivity contribution < 1.29 is 4.74 Å². The van der Waals surface area contributed by atoms with Crippen LogP contribution in [0.25, 0.3) is 11.3 Å². The Hall–Kier alpha value is -2.73. The van der Waals surface area contributed by atoms with Crippen molar-refractivity contribution in [2.75, 3.05) is 13.6 Å². The van der Waals surface area contributed by atoms with Gasteiger partial charge in [0.2, 0.25) is 5.88 Å². The standard InChI is InChI=1S/C19H23N5O/c1-3-4-11-24(2)13-16-12-22-23-19(16)15-5-7-17(8-6-15)25-18-9-10-20-14-21-18/h5-10,12,14H,3-4,11,13H2,1-2H3,(H,22,23). The van der Waals surface area contributed by atoms with E-state index in [1.165, 1.54) is 24.7 Å². The first-order chi connectivity index (χ1) is 12.3. The molecule has 0 unspecified atom stereocenters. The number of rotatable bonds is 8.